The Labute approximate surface area is 171 Å². The van der Waals surface area contributed by atoms with Gasteiger partial charge in [-0.05, 0) is 36.8 Å². The maximum Gasteiger partial charge on any atom is 0.274 e. The molecule has 0 atom stereocenters. The molecule has 0 spiro atoms. The van der Waals surface area contributed by atoms with E-state index in [4.69, 9.17) is 33.1 Å². The number of nitrogens with two attached hydrogens (primary N) is 2. The zero-order valence-electron chi connectivity index (χ0n) is 15.6. The van der Waals surface area contributed by atoms with Crippen molar-refractivity contribution in [2.24, 2.45) is 16.5 Å². The molecule has 10 heteroatoms. The lowest BCUT2D eigenvalue weighted by Crippen LogP contribution is -2.25. The molecule has 0 aliphatic carbocycles. The highest BCUT2D eigenvalue weighted by Gasteiger charge is 2.19. The molecular formula is C19H17ClN6O3. The second-order valence-electron chi connectivity index (χ2n) is 5.70. The third-order valence-electron chi connectivity index (χ3n) is 3.68. The number of nitriles is 1. The summed E-state index contributed by atoms with van der Waals surface area (Å²) in [7, 11) is 1.32. The lowest BCUT2D eigenvalue weighted by atomic mass is 10.0. The van der Waals surface area contributed by atoms with Crippen LogP contribution >= 0.6 is 11.6 Å². The van der Waals surface area contributed by atoms with Crippen LogP contribution in [0.3, 0.4) is 0 Å². The summed E-state index contributed by atoms with van der Waals surface area (Å²) in [6.07, 6.45) is 2.64. The van der Waals surface area contributed by atoms with Crippen molar-refractivity contribution >= 4 is 40.6 Å². The van der Waals surface area contributed by atoms with Crippen molar-refractivity contribution in [3.8, 4) is 6.07 Å². The molecule has 2 rings (SSSR count). The molecule has 29 heavy (non-hydrogen) atoms. The van der Waals surface area contributed by atoms with Crippen LogP contribution in [0.15, 0.2) is 47.4 Å². The molecule has 0 aliphatic rings. The molecule has 0 radical (unpaired) electrons. The van der Waals surface area contributed by atoms with E-state index in [0.29, 0.717) is 5.56 Å². The highest BCUT2D eigenvalue weighted by Crippen LogP contribution is 2.24. The maximum atomic E-state index is 12.9. The van der Waals surface area contributed by atoms with Crippen LogP contribution in [-0.2, 0) is 9.53 Å². The van der Waals surface area contributed by atoms with Gasteiger partial charge in [0.05, 0.1) is 35.0 Å². The first-order chi connectivity index (χ1) is 13.8. The van der Waals surface area contributed by atoms with Gasteiger partial charge in [-0.25, -0.2) is 9.98 Å². The fourth-order valence-electron chi connectivity index (χ4n) is 2.31. The zero-order valence-corrected chi connectivity index (χ0v) is 16.3. The number of rotatable bonds is 6. The minimum atomic E-state index is -0.807. The number of nitrogens with one attached hydrogen (secondary N) is 1. The quantitative estimate of drug-likeness (QED) is 0.487. The van der Waals surface area contributed by atoms with Gasteiger partial charge in [-0.15, -0.1) is 0 Å². The number of amides is 2. The average molecular weight is 413 g/mol. The number of aromatic nitrogens is 1. The number of carbonyl (C=O) groups excluding carboxylic acids is 2. The largest absolute Gasteiger partial charge is 0.483 e. The van der Waals surface area contributed by atoms with Gasteiger partial charge in [0.1, 0.15) is 5.71 Å². The standard InChI is InChI=1S/C19H17ClN6O3/c1-10-6-11(9-21)7-12(17(23)27)16(10)26-19(28)14(8-15(22)29-2)25-18-13(20)4-3-5-24-18/h3-8H,22H2,1-2H3,(H2,23,27)(H,26,28)/b15-8+,25-14-. The van der Waals surface area contributed by atoms with Gasteiger partial charge in [-0.1, -0.05) is 11.6 Å². The van der Waals surface area contributed by atoms with E-state index >= 15 is 0 Å². The molecule has 5 N–H and O–H groups in total. The number of aryl methyl sites for hydroxylation is 1. The number of methoxy groups -OCH3 is 1. The number of anilines is 1. The normalized spacial score (nSPS) is 11.5. The topological polar surface area (TPSA) is 156 Å². The second-order valence-corrected chi connectivity index (χ2v) is 6.11. The van der Waals surface area contributed by atoms with Crippen LogP contribution in [0, 0.1) is 18.3 Å². The third kappa shape index (κ3) is 5.31. The van der Waals surface area contributed by atoms with E-state index in [1.807, 2.05) is 6.07 Å². The van der Waals surface area contributed by atoms with Crippen molar-refractivity contribution in [1.29, 1.82) is 5.26 Å². The Morgan fingerprint density at radius 3 is 2.69 bits per heavy atom. The van der Waals surface area contributed by atoms with Crippen molar-refractivity contribution in [3.05, 3.63) is 64.1 Å². The summed E-state index contributed by atoms with van der Waals surface area (Å²) in [5, 5.41) is 11.9. The fraction of sp³-hybridized carbons (Fsp3) is 0.105. The van der Waals surface area contributed by atoms with Gasteiger partial charge in [0.25, 0.3) is 11.8 Å². The molecule has 148 valence electrons. The average Bonchev–Trinajstić information content (AvgIpc) is 2.69. The number of hydrogen-bond acceptors (Lipinski definition) is 7. The van der Waals surface area contributed by atoms with Gasteiger partial charge in [-0.3, -0.25) is 9.59 Å². The van der Waals surface area contributed by atoms with Crippen molar-refractivity contribution in [3.63, 3.8) is 0 Å². The van der Waals surface area contributed by atoms with E-state index in [-0.39, 0.29) is 39.2 Å². The zero-order chi connectivity index (χ0) is 21.6. The van der Waals surface area contributed by atoms with Crippen molar-refractivity contribution in [2.45, 2.75) is 6.92 Å². The summed E-state index contributed by atoms with van der Waals surface area (Å²) in [5.74, 6) is -1.52. The van der Waals surface area contributed by atoms with Crippen LogP contribution in [0.5, 0.6) is 0 Å². The highest BCUT2D eigenvalue weighted by molar-refractivity contribution is 6.48. The van der Waals surface area contributed by atoms with E-state index in [1.54, 1.807) is 19.1 Å². The summed E-state index contributed by atoms with van der Waals surface area (Å²) in [6.45, 7) is 1.62. The van der Waals surface area contributed by atoms with Crippen molar-refractivity contribution in [2.75, 3.05) is 12.4 Å². The first-order valence-corrected chi connectivity index (χ1v) is 8.50. The number of pyridine rings is 1. The molecule has 2 amide bonds. The molecule has 0 fully saturated rings. The minimum absolute atomic E-state index is 0.0196. The predicted molar refractivity (Wildman–Crippen MR) is 109 cm³/mol. The van der Waals surface area contributed by atoms with Crippen LogP contribution in [0.1, 0.15) is 21.5 Å². The summed E-state index contributed by atoms with van der Waals surface area (Å²) < 4.78 is 4.88. The van der Waals surface area contributed by atoms with Crippen molar-refractivity contribution in [1.82, 2.24) is 4.98 Å². The van der Waals surface area contributed by atoms with Crippen LogP contribution < -0.4 is 16.8 Å². The first-order valence-electron chi connectivity index (χ1n) is 8.13. The van der Waals surface area contributed by atoms with Gasteiger partial charge in [-0.2, -0.15) is 5.26 Å². The van der Waals surface area contributed by atoms with E-state index in [1.165, 1.54) is 31.5 Å². The number of benzene rings is 1. The van der Waals surface area contributed by atoms with E-state index in [0.717, 1.165) is 0 Å². The van der Waals surface area contributed by atoms with Gasteiger partial charge in [0.2, 0.25) is 0 Å². The van der Waals surface area contributed by atoms with Crippen LogP contribution in [-0.4, -0.2) is 29.6 Å². The van der Waals surface area contributed by atoms with Crippen LogP contribution in [0.4, 0.5) is 11.5 Å². The molecule has 0 bridgehead atoms. The van der Waals surface area contributed by atoms with Crippen LogP contribution in [0.2, 0.25) is 5.02 Å². The Balaban J connectivity index is 2.53. The predicted octanol–water partition coefficient (Wildman–Crippen LogP) is 2.17. The third-order valence-corrected chi connectivity index (χ3v) is 3.98. The number of halogens is 1. The number of aliphatic imine (C=N–C) groups is 1. The summed E-state index contributed by atoms with van der Waals surface area (Å²) in [6, 6.07) is 7.89. The molecule has 0 saturated heterocycles. The lowest BCUT2D eigenvalue weighted by molar-refractivity contribution is -0.110. The number of hydrogen-bond donors (Lipinski definition) is 3. The molecule has 1 aromatic carbocycles. The molecule has 0 aliphatic heterocycles. The number of nitrogens with zero attached hydrogens (tertiary/aromatic N) is 3. The van der Waals surface area contributed by atoms with Crippen LogP contribution in [0.25, 0.3) is 0 Å². The Morgan fingerprint density at radius 2 is 2.10 bits per heavy atom. The number of carbonyl (C=O) groups is 2. The molecular weight excluding hydrogens is 396 g/mol. The fourth-order valence-corrected chi connectivity index (χ4v) is 2.47. The lowest BCUT2D eigenvalue weighted by Gasteiger charge is -2.13. The Morgan fingerprint density at radius 1 is 1.38 bits per heavy atom. The van der Waals surface area contributed by atoms with Crippen molar-refractivity contribution < 1.29 is 14.3 Å². The van der Waals surface area contributed by atoms with Gasteiger partial charge >= 0.3 is 0 Å². The molecule has 1 heterocycles. The van der Waals surface area contributed by atoms with Gasteiger partial charge < -0.3 is 21.5 Å². The Hall–Kier alpha value is -3.90. The second kappa shape index (κ2) is 9.34. The Bertz CT molecular complexity index is 1070. The molecule has 1 aromatic heterocycles. The summed E-state index contributed by atoms with van der Waals surface area (Å²) in [5.41, 5.74) is 11.7. The summed E-state index contributed by atoms with van der Waals surface area (Å²) >= 11 is 6.05. The smallest absolute Gasteiger partial charge is 0.274 e. The van der Waals surface area contributed by atoms with Gasteiger partial charge in [0.15, 0.2) is 11.7 Å². The minimum Gasteiger partial charge on any atom is -0.483 e. The Kier molecular flexibility index (Phi) is 6.89. The molecule has 0 saturated carbocycles. The SMILES string of the molecule is CO/C(N)=C/C(=N/c1ncccc1Cl)C(=O)Nc1c(C)cc(C#N)cc1C(N)=O. The van der Waals surface area contributed by atoms with Gasteiger partial charge in [0, 0.05) is 12.3 Å². The monoisotopic (exact) mass is 412 g/mol. The highest BCUT2D eigenvalue weighted by atomic mass is 35.5. The summed E-state index contributed by atoms with van der Waals surface area (Å²) in [4.78, 5) is 32.8. The van der Waals surface area contributed by atoms with E-state index < -0.39 is 11.8 Å². The molecule has 9 nitrogen and oxygen atoms in total. The first kappa shape index (κ1) is 21.4. The molecule has 0 unspecified atom stereocenters. The number of primary amides is 1. The van der Waals surface area contributed by atoms with E-state index in [2.05, 4.69) is 15.3 Å². The van der Waals surface area contributed by atoms with E-state index in [9.17, 15) is 9.59 Å². The maximum absolute atomic E-state index is 12.9. The number of ether oxygens (including phenoxy) is 1. The molecule has 2 aromatic rings.